The van der Waals surface area contributed by atoms with Gasteiger partial charge < -0.3 is 47.9 Å². The van der Waals surface area contributed by atoms with Gasteiger partial charge in [-0.15, -0.1) is 11.6 Å². The number of furan rings is 1. The van der Waals surface area contributed by atoms with Crippen molar-refractivity contribution < 1.29 is 74.8 Å². The van der Waals surface area contributed by atoms with Crippen molar-refractivity contribution in [1.29, 1.82) is 0 Å². The smallest absolute Gasteiger partial charge is 0.434 e. The first kappa shape index (κ1) is 69.6. The van der Waals surface area contributed by atoms with Crippen molar-refractivity contribution in [1.82, 2.24) is 20.0 Å². The second kappa shape index (κ2) is 31.8. The molecule has 75 heavy (non-hydrogen) atoms. The maximum absolute atomic E-state index is 14.3. The Labute approximate surface area is 465 Å². The van der Waals surface area contributed by atoms with E-state index in [1.54, 1.807) is 52.0 Å². The van der Waals surface area contributed by atoms with Crippen LogP contribution in [0.1, 0.15) is 80.6 Å². The first-order valence-electron chi connectivity index (χ1n) is 22.3. The number of alkyl halides is 6. The van der Waals surface area contributed by atoms with Gasteiger partial charge in [-0.25, -0.2) is 9.18 Å². The molecule has 1 aliphatic rings. The van der Waals surface area contributed by atoms with Gasteiger partial charge in [-0.1, -0.05) is 59.9 Å². The molecule has 28 heteroatoms. The number of carboxylic acid groups (broad SMARTS) is 1. The minimum Gasteiger partial charge on any atom is -0.778 e. The number of para-hydroxylation sites is 1. The summed E-state index contributed by atoms with van der Waals surface area (Å²) in [5, 5.41) is 13.5. The molecule has 1 fully saturated rings. The van der Waals surface area contributed by atoms with Gasteiger partial charge in [-0.2, -0.15) is 18.3 Å². The van der Waals surface area contributed by atoms with Crippen molar-refractivity contribution >= 4 is 110 Å². The molecular formula is C47H63BrCl4F4N5O12PS. The molecule has 2 aromatic heterocycles. The predicted molar refractivity (Wildman–Crippen MR) is 286 cm³/mol. The number of nitrogens with zero attached hydrogens (tertiary/aromatic N) is 4. The molecule has 0 spiro atoms. The predicted octanol–water partition coefficient (Wildman–Crippen LogP) is 9.77. The van der Waals surface area contributed by atoms with Gasteiger partial charge in [0.2, 0.25) is 5.91 Å². The Kier molecular flexibility index (Phi) is 29.5. The number of rotatable bonds is 15. The summed E-state index contributed by atoms with van der Waals surface area (Å²) in [5.41, 5.74) is 0.611. The van der Waals surface area contributed by atoms with E-state index in [4.69, 9.17) is 75.0 Å². The molecule has 3 heterocycles. The Morgan fingerprint density at radius 2 is 1.72 bits per heavy atom. The fourth-order valence-electron chi connectivity index (χ4n) is 6.70. The van der Waals surface area contributed by atoms with Crippen LogP contribution < -0.4 is 15.1 Å². The number of carbonyl (C=O) groups is 4. The zero-order valence-corrected chi connectivity index (χ0v) is 49.5. The van der Waals surface area contributed by atoms with Crippen LogP contribution in [0.2, 0.25) is 5.02 Å². The third-order valence-corrected chi connectivity index (χ3v) is 11.9. The maximum Gasteiger partial charge on any atom is 0.434 e. The lowest BCUT2D eigenvalue weighted by Gasteiger charge is -2.31. The highest BCUT2D eigenvalue weighted by atomic mass is 79.9. The van der Waals surface area contributed by atoms with E-state index in [1.807, 2.05) is 37.4 Å². The summed E-state index contributed by atoms with van der Waals surface area (Å²) in [6.07, 6.45) is 2.90. The topological polar surface area (TPSA) is 226 Å². The highest BCUT2D eigenvalue weighted by Crippen LogP contribution is 2.41. The lowest BCUT2D eigenvalue weighted by atomic mass is 10.0. The fourth-order valence-corrected chi connectivity index (χ4v) is 8.46. The summed E-state index contributed by atoms with van der Waals surface area (Å²) in [6.45, 7) is 13.3. The van der Waals surface area contributed by atoms with E-state index in [9.17, 15) is 46.2 Å². The molecule has 1 aliphatic heterocycles. The van der Waals surface area contributed by atoms with Crippen molar-refractivity contribution in [2.24, 2.45) is 7.05 Å². The average molecular weight is 1250 g/mol. The minimum atomic E-state index is -4.69. The molecule has 0 saturated carbocycles. The molecule has 3 N–H and O–H groups in total. The SMILES string of the molecule is CC(C)OC(=O)c1cc(-c2nn(C)c(C(F)(F)F)c2Br)c(F)cc1Cl.CC1(C)OC(c2ccco2)CN1C(=O)C(Cl)Cl.CCc1cccc(C)c1N(C(=O)CCl)C(C)COC.C[S+](C)C.O=C(O)CNCP(=O)([O-])O. The minimum absolute atomic E-state index is 0.0223. The highest BCUT2D eigenvalue weighted by Gasteiger charge is 2.45. The van der Waals surface area contributed by atoms with Crippen molar-refractivity contribution in [2.45, 2.75) is 89.9 Å². The maximum atomic E-state index is 14.3. The second-order valence-corrected chi connectivity index (χ2v) is 23.8. The van der Waals surface area contributed by atoms with Crippen LogP contribution in [0.4, 0.5) is 23.2 Å². The number of aryl methyl sites for hydroxylation is 3. The van der Waals surface area contributed by atoms with Crippen LogP contribution in [0.15, 0.2) is 57.6 Å². The van der Waals surface area contributed by atoms with Crippen molar-refractivity contribution in [2.75, 3.05) is 62.6 Å². The number of aliphatic carboxylic acids is 1. The van der Waals surface area contributed by atoms with Gasteiger partial charge in [-0.05, 0) is 110 Å². The summed E-state index contributed by atoms with van der Waals surface area (Å²) in [5.74, 6) is -2.68. The van der Waals surface area contributed by atoms with Crippen LogP contribution in [-0.4, -0.2) is 129 Å². The van der Waals surface area contributed by atoms with Gasteiger partial charge in [0.1, 0.15) is 42.6 Å². The van der Waals surface area contributed by atoms with Crippen LogP contribution in [0.25, 0.3) is 11.3 Å². The van der Waals surface area contributed by atoms with Crippen LogP contribution in [0.5, 0.6) is 0 Å². The number of amides is 2. The van der Waals surface area contributed by atoms with Gasteiger partial charge in [0, 0.05) is 19.7 Å². The number of benzene rings is 2. The number of anilines is 1. The number of carbonyl (C=O) groups excluding carboxylic acids is 3. The first-order valence-corrected chi connectivity index (χ1v) is 29.1. The van der Waals surface area contributed by atoms with Crippen LogP contribution in [0, 0.1) is 12.7 Å². The molecular weight excluding hydrogens is 1190 g/mol. The quantitative estimate of drug-likeness (QED) is 0.0331. The van der Waals surface area contributed by atoms with E-state index in [0.29, 0.717) is 34.5 Å². The van der Waals surface area contributed by atoms with Gasteiger partial charge in [0.15, 0.2) is 10.5 Å². The molecule has 3 atom stereocenters. The lowest BCUT2D eigenvalue weighted by Crippen LogP contribution is -2.45. The summed E-state index contributed by atoms with van der Waals surface area (Å²) in [6, 6.07) is 11.5. The Bertz CT molecular complexity index is 2540. The third kappa shape index (κ3) is 22.8. The van der Waals surface area contributed by atoms with E-state index in [0.717, 1.165) is 42.4 Å². The number of hydrogen-bond donors (Lipinski definition) is 3. The normalized spacial score (nSPS) is 15.0. The number of nitrogens with one attached hydrogen (secondary N) is 1. The zero-order chi connectivity index (χ0) is 57.9. The fraction of sp³-hybridized carbons (Fsp3) is 0.511. The van der Waals surface area contributed by atoms with Crippen LogP contribution >= 0.6 is 69.9 Å². The molecule has 2 amide bonds. The first-order chi connectivity index (χ1) is 34.6. The molecule has 3 unspecified atom stereocenters. The Hall–Kier alpha value is -3.45. The number of ether oxygens (including phenoxy) is 3. The Balaban J connectivity index is 0.000000506. The highest BCUT2D eigenvalue weighted by molar-refractivity contribution is 9.10. The molecule has 4 aromatic rings. The molecule has 2 aromatic carbocycles. The summed E-state index contributed by atoms with van der Waals surface area (Å²) < 4.78 is 84.8. The van der Waals surface area contributed by atoms with Crippen molar-refractivity contribution in [3.05, 3.63) is 92.2 Å². The second-order valence-electron chi connectivity index (χ2n) is 17.2. The van der Waals surface area contributed by atoms with Gasteiger partial charge in [0.25, 0.3) is 5.91 Å². The molecule has 5 rings (SSSR count). The largest absolute Gasteiger partial charge is 0.778 e. The van der Waals surface area contributed by atoms with E-state index >= 15 is 0 Å². The number of carboxylic acids is 1. The third-order valence-electron chi connectivity index (χ3n) is 9.64. The van der Waals surface area contributed by atoms with E-state index in [-0.39, 0.29) is 51.7 Å². The van der Waals surface area contributed by atoms with Crippen LogP contribution in [-0.2, 0) is 63.7 Å². The molecule has 0 radical (unpaired) electrons. The monoisotopic (exact) mass is 1250 g/mol. The van der Waals surface area contributed by atoms with Crippen molar-refractivity contribution in [3.8, 4) is 11.3 Å². The van der Waals surface area contributed by atoms with Gasteiger partial charge in [-0.3, -0.25) is 24.4 Å². The number of esters is 1. The van der Waals surface area contributed by atoms with E-state index < -0.39 is 71.2 Å². The molecule has 17 nitrogen and oxygen atoms in total. The zero-order valence-electron chi connectivity index (χ0n) is 43.2. The van der Waals surface area contributed by atoms with Gasteiger partial charge in [0.05, 0.1) is 83.9 Å². The summed E-state index contributed by atoms with van der Waals surface area (Å²) >= 11 is 25.6. The summed E-state index contributed by atoms with van der Waals surface area (Å²) in [7, 11) is -0.988. The van der Waals surface area contributed by atoms with E-state index in [1.165, 1.54) is 4.90 Å². The average Bonchev–Trinajstić information content (AvgIpc) is 4.00. The standard InChI is InChI=1S/C15H12BrClF4N2O2.C15H22ClNO2.C11H13Cl2NO3.C3H8NO5P.C3H9S/c1-6(2)25-14(24)7-4-8(10(18)5-9(7)17)12-11(16)13(15(19,20)21)23(3)22-12;1-5-13-8-6-7-11(2)15(13)17(14(18)9-16)12(3)10-19-4;1-11(2)14(10(15)9(12)13)6-8(17-11)7-4-3-5-16-7;5-3(6)1-4-2-10(7,8)9;1-4(2)3/h4-6H,1-3H3;6-8,12H,5,9-10H2,1-4H3;3-5,8-9H,6H2,1-2H3;4H,1-2H2,(H,5,6)(H2,7,8,9);1-3H3/q;;;;+1/p-1. The number of halogens is 9. The Morgan fingerprint density at radius 1 is 1.12 bits per heavy atom. The Morgan fingerprint density at radius 3 is 2.17 bits per heavy atom. The van der Waals surface area contributed by atoms with Crippen LogP contribution in [0.3, 0.4) is 0 Å². The summed E-state index contributed by atoms with van der Waals surface area (Å²) in [4.78, 5) is 66.0. The lowest BCUT2D eigenvalue weighted by molar-refractivity contribution is -0.193. The number of methoxy groups -OCH3 is 1. The number of aromatic nitrogens is 2. The molecule has 422 valence electrons. The van der Waals surface area contributed by atoms with E-state index in [2.05, 4.69) is 52.8 Å². The molecule has 0 bridgehead atoms. The number of hydrogen-bond acceptors (Lipinski definition) is 12. The van der Waals surface area contributed by atoms with Gasteiger partial charge >= 0.3 is 18.1 Å². The molecule has 1 saturated heterocycles. The van der Waals surface area contributed by atoms with Crippen molar-refractivity contribution in [3.63, 3.8) is 0 Å². The molecule has 0 aliphatic carbocycles.